The van der Waals surface area contributed by atoms with Crippen LogP contribution in [0.25, 0.3) is 0 Å². The minimum absolute atomic E-state index is 0.0711. The second kappa shape index (κ2) is 7.96. The Labute approximate surface area is 118 Å². The first-order chi connectivity index (χ1) is 9.63. The summed E-state index contributed by atoms with van der Waals surface area (Å²) < 4.78 is 4.96. The number of methoxy groups -OCH3 is 1. The van der Waals surface area contributed by atoms with Crippen molar-refractivity contribution < 1.29 is 19.7 Å². The zero-order chi connectivity index (χ0) is 15.0. The lowest BCUT2D eigenvalue weighted by Gasteiger charge is -2.06. The van der Waals surface area contributed by atoms with E-state index in [1.807, 2.05) is 6.07 Å². The molecule has 4 heteroatoms. The van der Waals surface area contributed by atoms with Crippen LogP contribution in [0.3, 0.4) is 0 Å². The minimum Gasteiger partial charge on any atom is -0.507 e. The van der Waals surface area contributed by atoms with Crippen LogP contribution in [-0.2, 0) is 0 Å². The Morgan fingerprint density at radius 3 is 2.25 bits per heavy atom. The molecule has 0 aliphatic carbocycles. The van der Waals surface area contributed by atoms with Gasteiger partial charge in [-0.25, -0.2) is 0 Å². The van der Waals surface area contributed by atoms with Crippen molar-refractivity contribution in [2.45, 2.75) is 6.92 Å². The summed E-state index contributed by atoms with van der Waals surface area (Å²) in [6, 6.07) is 13.5. The van der Waals surface area contributed by atoms with E-state index >= 15 is 0 Å². The second-order valence-electron chi connectivity index (χ2n) is 3.89. The first kappa shape index (κ1) is 15.7. The number of carbonyl (C=O) groups excluding carboxylic acids is 1. The van der Waals surface area contributed by atoms with E-state index in [9.17, 15) is 9.90 Å². The number of aromatic hydroxyl groups is 1. The van der Waals surface area contributed by atoms with Crippen molar-refractivity contribution in [3.05, 3.63) is 59.7 Å². The summed E-state index contributed by atoms with van der Waals surface area (Å²) in [4.78, 5) is 12.1. The Morgan fingerprint density at radius 1 is 1.15 bits per heavy atom. The number of rotatable bonds is 3. The third-order valence-corrected chi connectivity index (χ3v) is 2.49. The molecule has 0 radical (unpaired) electrons. The van der Waals surface area contributed by atoms with Crippen molar-refractivity contribution in [2.24, 2.45) is 0 Å². The molecule has 0 saturated heterocycles. The van der Waals surface area contributed by atoms with Crippen molar-refractivity contribution in [3.63, 3.8) is 0 Å². The molecular weight excluding hydrogens is 256 g/mol. The van der Waals surface area contributed by atoms with Gasteiger partial charge in [0.25, 0.3) is 0 Å². The van der Waals surface area contributed by atoms with Crippen LogP contribution in [-0.4, -0.2) is 29.7 Å². The zero-order valence-corrected chi connectivity index (χ0v) is 11.5. The molecule has 20 heavy (non-hydrogen) atoms. The zero-order valence-electron chi connectivity index (χ0n) is 11.5. The highest BCUT2D eigenvalue weighted by Crippen LogP contribution is 2.25. The van der Waals surface area contributed by atoms with Gasteiger partial charge in [-0.3, -0.25) is 4.79 Å². The van der Waals surface area contributed by atoms with Crippen molar-refractivity contribution in [1.82, 2.24) is 0 Å². The van der Waals surface area contributed by atoms with Gasteiger partial charge in [0.05, 0.1) is 12.7 Å². The molecule has 0 aliphatic heterocycles. The van der Waals surface area contributed by atoms with Crippen LogP contribution in [0.5, 0.6) is 11.5 Å². The summed E-state index contributed by atoms with van der Waals surface area (Å²) >= 11 is 0. The fraction of sp³-hybridized carbons (Fsp3) is 0.188. The lowest BCUT2D eigenvalue weighted by atomic mass is 10.0. The third kappa shape index (κ3) is 4.10. The highest BCUT2D eigenvalue weighted by atomic mass is 16.5. The normalized spacial score (nSPS) is 9.35. The molecule has 0 fully saturated rings. The predicted octanol–water partition coefficient (Wildman–Crippen LogP) is 2.63. The average molecular weight is 274 g/mol. The number of aliphatic hydroxyl groups is 1. The number of phenolic OH excluding ortho intramolecular Hbond substituents is 1. The summed E-state index contributed by atoms with van der Waals surface area (Å²) in [7, 11) is 1.51. The highest BCUT2D eigenvalue weighted by molar-refractivity contribution is 6.10. The summed E-state index contributed by atoms with van der Waals surface area (Å²) in [5.41, 5.74) is 0.824. The maximum atomic E-state index is 12.1. The predicted molar refractivity (Wildman–Crippen MR) is 77.3 cm³/mol. The maximum absolute atomic E-state index is 12.1. The molecule has 0 amide bonds. The molecule has 2 aromatic carbocycles. The van der Waals surface area contributed by atoms with Gasteiger partial charge >= 0.3 is 0 Å². The van der Waals surface area contributed by atoms with Gasteiger partial charge in [-0.2, -0.15) is 0 Å². The number of ketones is 1. The van der Waals surface area contributed by atoms with Crippen LogP contribution in [0.15, 0.2) is 48.5 Å². The minimum atomic E-state index is -0.203. The van der Waals surface area contributed by atoms with Gasteiger partial charge in [0.1, 0.15) is 11.5 Å². The molecule has 0 saturated carbocycles. The standard InChI is InChI=1S/C14H12O3.C2H6O/c1-17-11-7-8-12(13(15)9-11)14(16)10-5-3-2-4-6-10;1-2-3/h2-9,15H,1H3;3H,2H2,1H3. The fourth-order valence-corrected chi connectivity index (χ4v) is 1.58. The Kier molecular flexibility index (Phi) is 6.26. The average Bonchev–Trinajstić information content (AvgIpc) is 2.48. The molecule has 4 nitrogen and oxygen atoms in total. The summed E-state index contributed by atoms with van der Waals surface area (Å²) in [5.74, 6) is 0.246. The van der Waals surface area contributed by atoms with E-state index in [1.165, 1.54) is 13.2 Å². The number of aliphatic hydroxyl groups excluding tert-OH is 1. The lowest BCUT2D eigenvalue weighted by molar-refractivity contribution is 0.103. The van der Waals surface area contributed by atoms with Gasteiger partial charge in [0.15, 0.2) is 5.78 Å². The maximum Gasteiger partial charge on any atom is 0.196 e. The van der Waals surface area contributed by atoms with E-state index in [0.29, 0.717) is 11.3 Å². The molecule has 0 unspecified atom stereocenters. The van der Waals surface area contributed by atoms with Gasteiger partial charge < -0.3 is 14.9 Å². The summed E-state index contributed by atoms with van der Waals surface area (Å²) in [6.07, 6.45) is 0. The van der Waals surface area contributed by atoms with Gasteiger partial charge in [-0.15, -0.1) is 0 Å². The summed E-state index contributed by atoms with van der Waals surface area (Å²) in [6.45, 7) is 1.93. The molecule has 2 aromatic rings. The van der Waals surface area contributed by atoms with Crippen molar-refractivity contribution in [2.75, 3.05) is 13.7 Å². The number of hydrogen-bond acceptors (Lipinski definition) is 4. The lowest BCUT2D eigenvalue weighted by Crippen LogP contribution is -2.01. The Hall–Kier alpha value is -2.33. The van der Waals surface area contributed by atoms with Crippen LogP contribution in [0.4, 0.5) is 0 Å². The smallest absolute Gasteiger partial charge is 0.196 e. The molecule has 106 valence electrons. The van der Waals surface area contributed by atoms with Crippen LogP contribution in [0, 0.1) is 0 Å². The molecule has 0 spiro atoms. The monoisotopic (exact) mass is 274 g/mol. The van der Waals surface area contributed by atoms with Gasteiger partial charge in [-0.1, -0.05) is 30.3 Å². The number of phenols is 1. The first-order valence-electron chi connectivity index (χ1n) is 6.21. The number of hydrogen-bond donors (Lipinski definition) is 2. The summed E-state index contributed by atoms with van der Waals surface area (Å²) in [5, 5.41) is 17.3. The van der Waals surface area contributed by atoms with E-state index in [2.05, 4.69) is 0 Å². The molecule has 0 aliphatic rings. The Morgan fingerprint density at radius 2 is 1.75 bits per heavy atom. The van der Waals surface area contributed by atoms with Gasteiger partial charge in [0.2, 0.25) is 0 Å². The van der Waals surface area contributed by atoms with Crippen LogP contribution in [0.1, 0.15) is 22.8 Å². The molecular formula is C16H18O4. The fourth-order valence-electron chi connectivity index (χ4n) is 1.58. The highest BCUT2D eigenvalue weighted by Gasteiger charge is 2.13. The molecule has 0 bridgehead atoms. The first-order valence-corrected chi connectivity index (χ1v) is 6.21. The number of ether oxygens (including phenoxy) is 1. The van der Waals surface area contributed by atoms with Crippen LogP contribution < -0.4 is 4.74 Å². The molecule has 0 aromatic heterocycles. The van der Waals surface area contributed by atoms with Crippen molar-refractivity contribution in [3.8, 4) is 11.5 Å². The van der Waals surface area contributed by atoms with Crippen molar-refractivity contribution in [1.29, 1.82) is 0 Å². The Bertz CT molecular complexity index is 550. The second-order valence-corrected chi connectivity index (χ2v) is 3.89. The molecule has 2 rings (SSSR count). The molecule has 0 heterocycles. The molecule has 0 atom stereocenters. The van der Waals surface area contributed by atoms with Crippen molar-refractivity contribution >= 4 is 5.78 Å². The molecule has 2 N–H and O–H groups in total. The van der Waals surface area contributed by atoms with E-state index in [1.54, 1.807) is 43.3 Å². The number of benzene rings is 2. The SMILES string of the molecule is CCO.COc1ccc(C(=O)c2ccccc2)c(O)c1. The quantitative estimate of drug-likeness (QED) is 0.844. The van der Waals surface area contributed by atoms with E-state index < -0.39 is 0 Å². The van der Waals surface area contributed by atoms with Crippen LogP contribution in [0.2, 0.25) is 0 Å². The van der Waals surface area contributed by atoms with E-state index in [-0.39, 0.29) is 23.7 Å². The van der Waals surface area contributed by atoms with Gasteiger partial charge in [-0.05, 0) is 19.1 Å². The largest absolute Gasteiger partial charge is 0.507 e. The van der Waals surface area contributed by atoms with E-state index in [4.69, 9.17) is 9.84 Å². The third-order valence-electron chi connectivity index (χ3n) is 2.49. The topological polar surface area (TPSA) is 66.8 Å². The number of carbonyl (C=O) groups is 1. The van der Waals surface area contributed by atoms with Crippen LogP contribution >= 0.6 is 0 Å². The Balaban J connectivity index is 0.000000612. The van der Waals surface area contributed by atoms with E-state index in [0.717, 1.165) is 0 Å². The van der Waals surface area contributed by atoms with Gasteiger partial charge in [0, 0.05) is 18.2 Å².